The Hall–Kier alpha value is -2.39. The number of carbonyl (C=O) groups excluding carboxylic acids is 2. The van der Waals surface area contributed by atoms with Gasteiger partial charge in [0.15, 0.2) is 11.0 Å². The van der Waals surface area contributed by atoms with Gasteiger partial charge in [-0.1, -0.05) is 29.5 Å². The highest BCUT2D eigenvalue weighted by Gasteiger charge is 2.20. The molecule has 1 fully saturated rings. The van der Waals surface area contributed by atoms with Crippen LogP contribution in [0.25, 0.3) is 0 Å². The summed E-state index contributed by atoms with van der Waals surface area (Å²) in [5.74, 6) is 0.961. The van der Waals surface area contributed by atoms with Crippen molar-refractivity contribution in [3.05, 3.63) is 41.2 Å². The lowest BCUT2D eigenvalue weighted by Gasteiger charge is -2.32. The van der Waals surface area contributed by atoms with Crippen LogP contribution in [-0.4, -0.2) is 75.4 Å². The van der Waals surface area contributed by atoms with Crippen molar-refractivity contribution in [1.82, 2.24) is 29.9 Å². The lowest BCUT2D eigenvalue weighted by Crippen LogP contribution is -2.47. The molecule has 2 heterocycles. The van der Waals surface area contributed by atoms with Crippen LogP contribution in [0.15, 0.2) is 29.4 Å². The molecule has 0 unspecified atom stereocenters. The molecule has 1 aromatic heterocycles. The summed E-state index contributed by atoms with van der Waals surface area (Å²) in [5.41, 5.74) is 1.66. The molecule has 1 aliphatic rings. The normalized spacial score (nSPS) is 14.9. The highest BCUT2D eigenvalue weighted by atomic mass is 32.2. The third kappa shape index (κ3) is 5.11. The van der Waals surface area contributed by atoms with E-state index in [0.717, 1.165) is 31.7 Å². The quantitative estimate of drug-likeness (QED) is 0.724. The second kappa shape index (κ2) is 9.20. The Kier molecular flexibility index (Phi) is 6.69. The van der Waals surface area contributed by atoms with E-state index < -0.39 is 0 Å². The van der Waals surface area contributed by atoms with Gasteiger partial charge in [0.2, 0.25) is 5.91 Å². The van der Waals surface area contributed by atoms with Gasteiger partial charge in [-0.05, 0) is 26.1 Å². The minimum atomic E-state index is -0.147. The summed E-state index contributed by atoms with van der Waals surface area (Å²) in [7, 11) is 3.91. The number of aromatic nitrogens is 3. The van der Waals surface area contributed by atoms with E-state index in [0.29, 0.717) is 22.3 Å². The predicted molar refractivity (Wildman–Crippen MR) is 108 cm³/mol. The van der Waals surface area contributed by atoms with Crippen molar-refractivity contribution in [2.75, 3.05) is 39.0 Å². The highest BCUT2D eigenvalue weighted by molar-refractivity contribution is 7.99. The fourth-order valence-corrected chi connectivity index (χ4v) is 3.78. The Labute approximate surface area is 169 Å². The molecule has 28 heavy (non-hydrogen) atoms. The van der Waals surface area contributed by atoms with Crippen LogP contribution < -0.4 is 5.32 Å². The molecule has 2 amide bonds. The van der Waals surface area contributed by atoms with Crippen molar-refractivity contribution >= 4 is 23.6 Å². The van der Waals surface area contributed by atoms with Gasteiger partial charge in [-0.2, -0.15) is 0 Å². The van der Waals surface area contributed by atoms with Gasteiger partial charge in [-0.25, -0.2) is 0 Å². The van der Waals surface area contributed by atoms with Crippen LogP contribution in [0.3, 0.4) is 0 Å². The molecule has 1 aliphatic heterocycles. The number of likely N-dealkylation sites (N-methyl/N-ethyl adjacent to an activating group) is 1. The molecule has 1 saturated heterocycles. The number of rotatable bonds is 6. The molecule has 0 aliphatic carbocycles. The molecule has 2 aromatic rings. The van der Waals surface area contributed by atoms with E-state index in [1.54, 1.807) is 6.07 Å². The number of nitrogens with zero attached hydrogens (tertiary/aromatic N) is 5. The van der Waals surface area contributed by atoms with Crippen LogP contribution in [-0.2, 0) is 18.4 Å². The molecule has 0 radical (unpaired) electrons. The van der Waals surface area contributed by atoms with Crippen LogP contribution in [0.5, 0.6) is 0 Å². The van der Waals surface area contributed by atoms with Gasteiger partial charge in [0.25, 0.3) is 5.91 Å². The monoisotopic (exact) mass is 402 g/mol. The second-order valence-electron chi connectivity index (χ2n) is 6.98. The zero-order chi connectivity index (χ0) is 20.1. The third-order valence-electron chi connectivity index (χ3n) is 4.79. The molecule has 0 spiro atoms. The summed E-state index contributed by atoms with van der Waals surface area (Å²) in [6.45, 7) is 5.59. The molecule has 1 N–H and O–H groups in total. The zero-order valence-electron chi connectivity index (χ0n) is 16.5. The van der Waals surface area contributed by atoms with Gasteiger partial charge in [0.05, 0.1) is 12.3 Å². The SMILES string of the molecule is Cc1cccc(C(=O)NCc2nnc(SCC(=O)N3CCN(C)CC3)n2C)c1. The van der Waals surface area contributed by atoms with Gasteiger partial charge in [-0.15, -0.1) is 10.2 Å². The third-order valence-corrected chi connectivity index (χ3v) is 5.80. The van der Waals surface area contributed by atoms with Gasteiger partial charge in [0, 0.05) is 38.8 Å². The number of nitrogens with one attached hydrogen (secondary N) is 1. The molecular weight excluding hydrogens is 376 g/mol. The minimum Gasteiger partial charge on any atom is -0.345 e. The fraction of sp³-hybridized carbons (Fsp3) is 0.474. The Balaban J connectivity index is 1.51. The van der Waals surface area contributed by atoms with Crippen LogP contribution in [0.2, 0.25) is 0 Å². The Bertz CT molecular complexity index is 845. The molecule has 1 aromatic carbocycles. The summed E-state index contributed by atoms with van der Waals surface area (Å²) in [6, 6.07) is 7.44. The average Bonchev–Trinajstić information content (AvgIpc) is 3.04. The first-order chi connectivity index (χ1) is 13.4. The van der Waals surface area contributed by atoms with Gasteiger partial charge in [0.1, 0.15) is 0 Å². The number of benzene rings is 1. The first kappa shape index (κ1) is 20.3. The number of hydrogen-bond donors (Lipinski definition) is 1. The number of carbonyl (C=O) groups is 2. The first-order valence-corrected chi connectivity index (χ1v) is 10.2. The van der Waals surface area contributed by atoms with Gasteiger partial charge >= 0.3 is 0 Å². The maximum atomic E-state index is 12.4. The van der Waals surface area contributed by atoms with Crippen LogP contribution in [0.1, 0.15) is 21.7 Å². The molecule has 3 rings (SSSR count). The van der Waals surface area contributed by atoms with E-state index in [-0.39, 0.29) is 18.4 Å². The van der Waals surface area contributed by atoms with Crippen molar-refractivity contribution in [3.63, 3.8) is 0 Å². The first-order valence-electron chi connectivity index (χ1n) is 9.26. The molecule has 0 saturated carbocycles. The van der Waals surface area contributed by atoms with Crippen molar-refractivity contribution in [3.8, 4) is 0 Å². The van der Waals surface area contributed by atoms with Crippen molar-refractivity contribution in [2.24, 2.45) is 7.05 Å². The van der Waals surface area contributed by atoms with E-state index in [9.17, 15) is 9.59 Å². The zero-order valence-corrected chi connectivity index (χ0v) is 17.3. The number of hydrogen-bond acceptors (Lipinski definition) is 6. The summed E-state index contributed by atoms with van der Waals surface area (Å²) in [5, 5.41) is 11.8. The standard InChI is InChI=1S/C19H26N6O2S/c1-14-5-4-6-15(11-14)18(27)20-12-16-21-22-19(24(16)3)28-13-17(26)25-9-7-23(2)8-10-25/h4-6,11H,7-10,12-13H2,1-3H3,(H,20,27). The van der Waals surface area contributed by atoms with Crippen LogP contribution in [0.4, 0.5) is 0 Å². The van der Waals surface area contributed by atoms with E-state index in [1.165, 1.54) is 11.8 Å². The van der Waals surface area contributed by atoms with Crippen molar-refractivity contribution in [1.29, 1.82) is 0 Å². The summed E-state index contributed by atoms with van der Waals surface area (Å²) >= 11 is 1.37. The minimum absolute atomic E-state index is 0.121. The van der Waals surface area contributed by atoms with E-state index in [4.69, 9.17) is 0 Å². The average molecular weight is 403 g/mol. The Morgan fingerprint density at radius 1 is 1.14 bits per heavy atom. The lowest BCUT2D eigenvalue weighted by molar-refractivity contribution is -0.129. The smallest absolute Gasteiger partial charge is 0.251 e. The maximum Gasteiger partial charge on any atom is 0.251 e. The number of amides is 2. The highest BCUT2D eigenvalue weighted by Crippen LogP contribution is 2.17. The fourth-order valence-electron chi connectivity index (χ4n) is 2.95. The molecular formula is C19H26N6O2S. The van der Waals surface area contributed by atoms with Gasteiger partial charge in [-0.3, -0.25) is 9.59 Å². The van der Waals surface area contributed by atoms with Crippen molar-refractivity contribution in [2.45, 2.75) is 18.6 Å². The van der Waals surface area contributed by atoms with E-state index in [1.807, 2.05) is 41.6 Å². The number of aryl methyl sites for hydroxylation is 1. The lowest BCUT2D eigenvalue weighted by atomic mass is 10.1. The molecule has 0 bridgehead atoms. The van der Waals surface area contributed by atoms with Crippen molar-refractivity contribution < 1.29 is 9.59 Å². The molecule has 0 atom stereocenters. The Morgan fingerprint density at radius 3 is 2.61 bits per heavy atom. The largest absolute Gasteiger partial charge is 0.345 e. The Morgan fingerprint density at radius 2 is 1.89 bits per heavy atom. The van der Waals surface area contributed by atoms with Crippen LogP contribution in [0, 0.1) is 6.92 Å². The summed E-state index contributed by atoms with van der Waals surface area (Å²) in [4.78, 5) is 28.8. The van der Waals surface area contributed by atoms with Gasteiger partial charge < -0.3 is 19.7 Å². The summed E-state index contributed by atoms with van der Waals surface area (Å²) in [6.07, 6.45) is 0. The topological polar surface area (TPSA) is 83.4 Å². The second-order valence-corrected chi connectivity index (χ2v) is 7.93. The molecule has 150 valence electrons. The predicted octanol–water partition coefficient (Wildman–Crippen LogP) is 0.920. The molecule has 9 heteroatoms. The summed E-state index contributed by atoms with van der Waals surface area (Å²) < 4.78 is 1.82. The van der Waals surface area contributed by atoms with E-state index >= 15 is 0 Å². The maximum absolute atomic E-state index is 12.4. The van der Waals surface area contributed by atoms with Crippen LogP contribution >= 0.6 is 11.8 Å². The molecule has 8 nitrogen and oxygen atoms in total. The number of thioether (sulfide) groups is 1. The van der Waals surface area contributed by atoms with E-state index in [2.05, 4.69) is 27.5 Å². The number of piperazine rings is 1.